The molecule has 4 bridgehead atoms. The third kappa shape index (κ3) is 3.31. The minimum absolute atomic E-state index is 0.0685. The standard InChI is InChI=1S/C18H30N2O2/c1-2-3-4-16(21)19-5-6-20-17(22)18-10-13-7-14(11-18)9-15(8-13)12-18/h13-15H,2-12H2,1H3,(H,19,21)(H,20,22). The van der Waals surface area contributed by atoms with Gasteiger partial charge in [-0.25, -0.2) is 0 Å². The molecule has 4 rings (SSSR count). The van der Waals surface area contributed by atoms with E-state index in [1.807, 2.05) is 0 Å². The Morgan fingerprint density at radius 3 is 2.05 bits per heavy atom. The Balaban J connectivity index is 1.42. The van der Waals surface area contributed by atoms with Crippen LogP contribution in [0.25, 0.3) is 0 Å². The van der Waals surface area contributed by atoms with Gasteiger partial charge in [0.1, 0.15) is 0 Å². The van der Waals surface area contributed by atoms with E-state index in [9.17, 15) is 9.59 Å². The Kier molecular flexibility index (Phi) is 4.74. The highest BCUT2D eigenvalue weighted by atomic mass is 16.2. The van der Waals surface area contributed by atoms with Crippen molar-refractivity contribution in [2.75, 3.05) is 13.1 Å². The van der Waals surface area contributed by atoms with Gasteiger partial charge in [0, 0.05) is 24.9 Å². The fourth-order valence-corrected chi connectivity index (χ4v) is 5.38. The maximum Gasteiger partial charge on any atom is 0.226 e. The highest BCUT2D eigenvalue weighted by Crippen LogP contribution is 2.60. The molecule has 4 nitrogen and oxygen atoms in total. The van der Waals surface area contributed by atoms with Crippen LogP contribution >= 0.6 is 0 Å². The zero-order valence-electron chi connectivity index (χ0n) is 13.8. The zero-order chi connectivity index (χ0) is 15.6. The van der Waals surface area contributed by atoms with E-state index in [-0.39, 0.29) is 17.2 Å². The van der Waals surface area contributed by atoms with Gasteiger partial charge in [0.25, 0.3) is 0 Å². The van der Waals surface area contributed by atoms with E-state index in [2.05, 4.69) is 17.6 Å². The van der Waals surface area contributed by atoms with Gasteiger partial charge >= 0.3 is 0 Å². The van der Waals surface area contributed by atoms with Gasteiger partial charge in [-0.2, -0.15) is 0 Å². The molecule has 0 aromatic rings. The summed E-state index contributed by atoms with van der Waals surface area (Å²) in [5.41, 5.74) is -0.0685. The molecule has 4 aliphatic carbocycles. The van der Waals surface area contributed by atoms with Crippen LogP contribution in [-0.2, 0) is 9.59 Å². The molecule has 4 heteroatoms. The molecular weight excluding hydrogens is 276 g/mol. The van der Waals surface area contributed by atoms with Crippen molar-refractivity contribution < 1.29 is 9.59 Å². The number of unbranched alkanes of at least 4 members (excludes halogenated alkanes) is 1. The van der Waals surface area contributed by atoms with Gasteiger partial charge in [0.15, 0.2) is 0 Å². The van der Waals surface area contributed by atoms with Crippen LogP contribution in [0.15, 0.2) is 0 Å². The molecule has 0 unspecified atom stereocenters. The predicted octanol–water partition coefficient (Wildman–Crippen LogP) is 2.63. The molecule has 0 atom stereocenters. The second kappa shape index (κ2) is 6.59. The van der Waals surface area contributed by atoms with Crippen molar-refractivity contribution in [3.63, 3.8) is 0 Å². The Labute approximate surface area is 133 Å². The van der Waals surface area contributed by atoms with Crippen molar-refractivity contribution in [2.24, 2.45) is 23.2 Å². The van der Waals surface area contributed by atoms with E-state index in [1.54, 1.807) is 0 Å². The Morgan fingerprint density at radius 1 is 0.955 bits per heavy atom. The van der Waals surface area contributed by atoms with Crippen LogP contribution in [0.5, 0.6) is 0 Å². The van der Waals surface area contributed by atoms with E-state index < -0.39 is 0 Å². The van der Waals surface area contributed by atoms with Crippen LogP contribution < -0.4 is 10.6 Å². The molecular formula is C18H30N2O2. The molecule has 4 aliphatic rings. The number of hydrogen-bond acceptors (Lipinski definition) is 2. The second-order valence-electron chi connectivity index (χ2n) is 7.91. The lowest BCUT2D eigenvalue weighted by Gasteiger charge is -2.55. The lowest BCUT2D eigenvalue weighted by atomic mass is 9.49. The van der Waals surface area contributed by atoms with Crippen molar-refractivity contribution in [3.8, 4) is 0 Å². The van der Waals surface area contributed by atoms with Gasteiger partial charge in [-0.05, 0) is 62.7 Å². The molecule has 2 amide bonds. The molecule has 0 aliphatic heterocycles. The highest BCUT2D eigenvalue weighted by molar-refractivity contribution is 5.83. The van der Waals surface area contributed by atoms with Crippen molar-refractivity contribution in [2.45, 2.75) is 64.7 Å². The normalized spacial score (nSPS) is 35.4. The van der Waals surface area contributed by atoms with Gasteiger partial charge in [-0.1, -0.05) is 13.3 Å². The summed E-state index contributed by atoms with van der Waals surface area (Å²) in [6, 6.07) is 0. The summed E-state index contributed by atoms with van der Waals surface area (Å²) in [7, 11) is 0. The van der Waals surface area contributed by atoms with E-state index in [0.717, 1.165) is 49.9 Å². The van der Waals surface area contributed by atoms with Crippen molar-refractivity contribution in [1.82, 2.24) is 10.6 Å². The Morgan fingerprint density at radius 2 is 1.50 bits per heavy atom. The Hall–Kier alpha value is -1.06. The van der Waals surface area contributed by atoms with Crippen LogP contribution in [0, 0.1) is 23.2 Å². The van der Waals surface area contributed by atoms with Crippen LogP contribution in [0.4, 0.5) is 0 Å². The average molecular weight is 306 g/mol. The molecule has 4 fully saturated rings. The summed E-state index contributed by atoms with van der Waals surface area (Å²) in [5, 5.41) is 5.99. The molecule has 0 aromatic carbocycles. The van der Waals surface area contributed by atoms with E-state index in [0.29, 0.717) is 19.5 Å². The first-order chi connectivity index (χ1) is 10.6. The maximum atomic E-state index is 12.7. The highest BCUT2D eigenvalue weighted by Gasteiger charge is 2.54. The fraction of sp³-hybridized carbons (Fsp3) is 0.889. The quantitative estimate of drug-likeness (QED) is 0.710. The van der Waals surface area contributed by atoms with Crippen molar-refractivity contribution in [3.05, 3.63) is 0 Å². The molecule has 0 saturated heterocycles. The summed E-state index contributed by atoms with van der Waals surface area (Å²) >= 11 is 0. The summed E-state index contributed by atoms with van der Waals surface area (Å²) in [5.74, 6) is 2.75. The molecule has 22 heavy (non-hydrogen) atoms. The molecule has 124 valence electrons. The monoisotopic (exact) mass is 306 g/mol. The van der Waals surface area contributed by atoms with Gasteiger partial charge in [0.2, 0.25) is 11.8 Å². The van der Waals surface area contributed by atoms with Crippen LogP contribution in [0.2, 0.25) is 0 Å². The topological polar surface area (TPSA) is 58.2 Å². The third-order valence-corrected chi connectivity index (χ3v) is 6.01. The SMILES string of the molecule is CCCCC(=O)NCCNC(=O)C12CC3CC(CC(C3)C1)C2. The van der Waals surface area contributed by atoms with Crippen LogP contribution in [-0.4, -0.2) is 24.9 Å². The lowest BCUT2D eigenvalue weighted by Crippen LogP contribution is -2.54. The summed E-state index contributed by atoms with van der Waals surface area (Å²) in [6.07, 6.45) is 9.97. The second-order valence-corrected chi connectivity index (χ2v) is 7.91. The largest absolute Gasteiger partial charge is 0.354 e. The van der Waals surface area contributed by atoms with Crippen LogP contribution in [0.3, 0.4) is 0 Å². The van der Waals surface area contributed by atoms with E-state index in [4.69, 9.17) is 0 Å². The number of carbonyl (C=O) groups excluding carboxylic acids is 2. The first-order valence-electron chi connectivity index (χ1n) is 9.16. The minimum atomic E-state index is -0.0685. The number of amides is 2. The van der Waals surface area contributed by atoms with Crippen LogP contribution in [0.1, 0.15) is 64.7 Å². The molecule has 2 N–H and O–H groups in total. The lowest BCUT2D eigenvalue weighted by molar-refractivity contribution is -0.146. The smallest absolute Gasteiger partial charge is 0.226 e. The molecule has 0 aromatic heterocycles. The molecule has 4 saturated carbocycles. The first kappa shape index (κ1) is 15.8. The van der Waals surface area contributed by atoms with Gasteiger partial charge in [0.05, 0.1) is 0 Å². The van der Waals surface area contributed by atoms with Gasteiger partial charge in [-0.3, -0.25) is 9.59 Å². The van der Waals surface area contributed by atoms with Gasteiger partial charge in [-0.15, -0.1) is 0 Å². The zero-order valence-corrected chi connectivity index (χ0v) is 13.8. The average Bonchev–Trinajstić information content (AvgIpc) is 2.48. The molecule has 0 heterocycles. The minimum Gasteiger partial charge on any atom is -0.354 e. The van der Waals surface area contributed by atoms with Gasteiger partial charge < -0.3 is 10.6 Å². The maximum absolute atomic E-state index is 12.7. The summed E-state index contributed by atoms with van der Waals surface area (Å²) in [4.78, 5) is 24.2. The molecule has 0 radical (unpaired) electrons. The summed E-state index contributed by atoms with van der Waals surface area (Å²) < 4.78 is 0. The van der Waals surface area contributed by atoms with Crippen molar-refractivity contribution in [1.29, 1.82) is 0 Å². The number of nitrogens with one attached hydrogen (secondary N) is 2. The number of carbonyl (C=O) groups is 2. The van der Waals surface area contributed by atoms with Crippen molar-refractivity contribution >= 4 is 11.8 Å². The summed E-state index contributed by atoms with van der Waals surface area (Å²) in [6.45, 7) is 3.21. The number of rotatable bonds is 7. The molecule has 0 spiro atoms. The van der Waals surface area contributed by atoms with E-state index >= 15 is 0 Å². The third-order valence-electron chi connectivity index (χ3n) is 6.01. The fourth-order valence-electron chi connectivity index (χ4n) is 5.38. The number of hydrogen-bond donors (Lipinski definition) is 2. The predicted molar refractivity (Wildman–Crippen MR) is 86.1 cm³/mol. The first-order valence-corrected chi connectivity index (χ1v) is 9.16. The Bertz CT molecular complexity index is 398. The van der Waals surface area contributed by atoms with E-state index in [1.165, 1.54) is 19.3 Å².